The molecule has 1 atom stereocenters. The summed E-state index contributed by atoms with van der Waals surface area (Å²) in [5.41, 5.74) is 0.268. The Kier molecular flexibility index (Phi) is 5.58. The van der Waals surface area contributed by atoms with Gasteiger partial charge in [-0.25, -0.2) is 4.79 Å². The van der Waals surface area contributed by atoms with Gasteiger partial charge in [-0.2, -0.15) is 0 Å². The summed E-state index contributed by atoms with van der Waals surface area (Å²) < 4.78 is 4.98. The molecule has 1 rings (SSSR count). The fourth-order valence-electron chi connectivity index (χ4n) is 1.23. The summed E-state index contributed by atoms with van der Waals surface area (Å²) in [6, 6.07) is 3.58. The van der Waals surface area contributed by atoms with Gasteiger partial charge in [0.15, 0.2) is 6.04 Å². The lowest BCUT2D eigenvalue weighted by Gasteiger charge is -2.14. The van der Waals surface area contributed by atoms with Crippen molar-refractivity contribution in [1.29, 1.82) is 0 Å². The molecule has 0 radical (unpaired) electrons. The molecule has 0 aliphatic carbocycles. The van der Waals surface area contributed by atoms with Crippen LogP contribution in [-0.4, -0.2) is 36.7 Å². The van der Waals surface area contributed by atoms with Crippen molar-refractivity contribution in [1.82, 2.24) is 5.32 Å². The molecule has 0 fully saturated rings. The van der Waals surface area contributed by atoms with Gasteiger partial charge in [0.2, 0.25) is 0 Å². The van der Waals surface area contributed by atoms with Crippen LogP contribution in [0.25, 0.3) is 0 Å². The number of nitrogens with one attached hydrogen (secondary N) is 1. The van der Waals surface area contributed by atoms with Crippen LogP contribution >= 0.6 is 27.5 Å². The van der Waals surface area contributed by atoms with Gasteiger partial charge in [-0.3, -0.25) is 4.79 Å². The fraction of sp³-hybridized carbons (Fsp3) is 0.273. The highest BCUT2D eigenvalue weighted by Gasteiger charge is 2.22. The maximum absolute atomic E-state index is 11.9. The third kappa shape index (κ3) is 3.69. The zero-order valence-corrected chi connectivity index (χ0v) is 11.8. The van der Waals surface area contributed by atoms with Crippen molar-refractivity contribution in [3.05, 3.63) is 33.3 Å². The van der Waals surface area contributed by atoms with Crippen LogP contribution in [-0.2, 0) is 9.53 Å². The number of ether oxygens (including phenoxy) is 1. The van der Waals surface area contributed by atoms with E-state index in [0.717, 1.165) is 0 Å². The number of benzene rings is 1. The number of carbonyl (C=O) groups excluding carboxylic acids is 2. The van der Waals surface area contributed by atoms with Crippen LogP contribution < -0.4 is 5.32 Å². The third-order valence-electron chi connectivity index (χ3n) is 2.15. The number of aliphatic hydroxyl groups excluding tert-OH is 1. The Balaban J connectivity index is 2.87. The molecule has 1 unspecified atom stereocenters. The molecular formula is C11H11BrClNO4. The van der Waals surface area contributed by atoms with Crippen LogP contribution in [0.3, 0.4) is 0 Å². The topological polar surface area (TPSA) is 75.6 Å². The molecule has 0 bridgehead atoms. The Morgan fingerprint density at radius 1 is 1.56 bits per heavy atom. The highest BCUT2D eigenvalue weighted by Crippen LogP contribution is 2.21. The van der Waals surface area contributed by atoms with Crippen molar-refractivity contribution in [2.75, 3.05) is 13.7 Å². The minimum atomic E-state index is -1.10. The zero-order valence-electron chi connectivity index (χ0n) is 9.44. The number of hydrogen-bond donors (Lipinski definition) is 2. The summed E-state index contributed by atoms with van der Waals surface area (Å²) in [5.74, 6) is -1.25. The predicted octanol–water partition coefficient (Wildman–Crippen LogP) is 1.37. The van der Waals surface area contributed by atoms with Crippen molar-refractivity contribution >= 4 is 39.4 Å². The number of hydrogen-bond acceptors (Lipinski definition) is 4. The van der Waals surface area contributed by atoms with Crippen molar-refractivity contribution < 1.29 is 19.4 Å². The number of halogens is 2. The van der Waals surface area contributed by atoms with Crippen LogP contribution in [0.2, 0.25) is 5.02 Å². The van der Waals surface area contributed by atoms with Crippen molar-refractivity contribution in [3.8, 4) is 0 Å². The number of aliphatic hydroxyl groups is 1. The summed E-state index contributed by atoms with van der Waals surface area (Å²) in [5, 5.41) is 11.7. The summed E-state index contributed by atoms with van der Waals surface area (Å²) in [6.07, 6.45) is 0. The van der Waals surface area contributed by atoms with Gasteiger partial charge < -0.3 is 15.2 Å². The van der Waals surface area contributed by atoms with Gasteiger partial charge >= 0.3 is 5.97 Å². The Bertz CT molecular complexity index is 466. The van der Waals surface area contributed by atoms with E-state index in [1.54, 1.807) is 12.1 Å². The first-order valence-corrected chi connectivity index (χ1v) is 6.11. The molecule has 1 aromatic carbocycles. The summed E-state index contributed by atoms with van der Waals surface area (Å²) >= 11 is 8.98. The molecule has 98 valence electrons. The van der Waals surface area contributed by atoms with Gasteiger partial charge in [-0.05, 0) is 34.1 Å². The van der Waals surface area contributed by atoms with Crippen molar-refractivity contribution in [3.63, 3.8) is 0 Å². The van der Waals surface area contributed by atoms with Gasteiger partial charge in [0, 0.05) is 9.50 Å². The molecule has 7 heteroatoms. The fourth-order valence-corrected chi connectivity index (χ4v) is 1.83. The van der Waals surface area contributed by atoms with Crippen LogP contribution in [0.15, 0.2) is 22.7 Å². The Labute approximate surface area is 117 Å². The molecule has 1 aromatic rings. The second-order valence-corrected chi connectivity index (χ2v) is 4.65. The second-order valence-electron chi connectivity index (χ2n) is 3.36. The van der Waals surface area contributed by atoms with E-state index < -0.39 is 24.5 Å². The van der Waals surface area contributed by atoms with E-state index in [2.05, 4.69) is 26.0 Å². The van der Waals surface area contributed by atoms with Gasteiger partial charge in [0.25, 0.3) is 5.91 Å². The SMILES string of the molecule is COC(=O)C(CO)NC(=O)c1cc(Cl)ccc1Br. The molecule has 0 spiro atoms. The monoisotopic (exact) mass is 335 g/mol. The van der Waals surface area contributed by atoms with E-state index in [9.17, 15) is 9.59 Å². The Hall–Kier alpha value is -1.11. The van der Waals surface area contributed by atoms with Gasteiger partial charge in [-0.1, -0.05) is 11.6 Å². The first-order valence-electron chi connectivity index (χ1n) is 4.94. The van der Waals surface area contributed by atoms with E-state index in [1.807, 2.05) is 0 Å². The lowest BCUT2D eigenvalue weighted by Crippen LogP contribution is -2.44. The van der Waals surface area contributed by atoms with Gasteiger partial charge in [-0.15, -0.1) is 0 Å². The molecule has 0 aliphatic rings. The summed E-state index contributed by atoms with van der Waals surface area (Å²) in [6.45, 7) is -0.545. The van der Waals surface area contributed by atoms with Crippen LogP contribution in [0.5, 0.6) is 0 Å². The smallest absolute Gasteiger partial charge is 0.330 e. The van der Waals surface area contributed by atoms with Crippen molar-refractivity contribution in [2.45, 2.75) is 6.04 Å². The molecule has 0 aliphatic heterocycles. The number of rotatable bonds is 4. The lowest BCUT2D eigenvalue weighted by atomic mass is 10.2. The Morgan fingerprint density at radius 3 is 2.78 bits per heavy atom. The Morgan fingerprint density at radius 2 is 2.22 bits per heavy atom. The molecule has 2 N–H and O–H groups in total. The van der Waals surface area contributed by atoms with E-state index in [-0.39, 0.29) is 5.56 Å². The zero-order chi connectivity index (χ0) is 13.7. The maximum Gasteiger partial charge on any atom is 0.330 e. The maximum atomic E-state index is 11.9. The second kappa shape index (κ2) is 6.72. The highest BCUT2D eigenvalue weighted by atomic mass is 79.9. The minimum absolute atomic E-state index is 0.268. The van der Waals surface area contributed by atoms with Crippen LogP contribution in [0, 0.1) is 0 Å². The third-order valence-corrected chi connectivity index (χ3v) is 3.07. The predicted molar refractivity (Wildman–Crippen MR) is 69.5 cm³/mol. The first-order chi connectivity index (χ1) is 8.49. The molecular weight excluding hydrogens is 325 g/mol. The first kappa shape index (κ1) is 14.9. The molecule has 18 heavy (non-hydrogen) atoms. The van der Waals surface area contributed by atoms with Gasteiger partial charge in [0.1, 0.15) is 0 Å². The number of methoxy groups -OCH3 is 1. The largest absolute Gasteiger partial charge is 0.467 e. The molecule has 5 nitrogen and oxygen atoms in total. The number of esters is 1. The lowest BCUT2D eigenvalue weighted by molar-refractivity contribution is -0.143. The number of carbonyl (C=O) groups is 2. The quantitative estimate of drug-likeness (QED) is 0.814. The van der Waals surface area contributed by atoms with E-state index >= 15 is 0 Å². The van der Waals surface area contributed by atoms with E-state index in [0.29, 0.717) is 9.50 Å². The normalized spacial score (nSPS) is 11.8. The summed E-state index contributed by atoms with van der Waals surface area (Å²) in [4.78, 5) is 23.1. The molecule has 0 heterocycles. The highest BCUT2D eigenvalue weighted by molar-refractivity contribution is 9.10. The summed E-state index contributed by atoms with van der Waals surface area (Å²) in [7, 11) is 1.17. The van der Waals surface area contributed by atoms with Crippen molar-refractivity contribution in [2.24, 2.45) is 0 Å². The van der Waals surface area contributed by atoms with Crippen LogP contribution in [0.1, 0.15) is 10.4 Å². The molecule has 0 saturated carbocycles. The van der Waals surface area contributed by atoms with Crippen LogP contribution in [0.4, 0.5) is 0 Å². The minimum Gasteiger partial charge on any atom is -0.467 e. The van der Waals surface area contributed by atoms with E-state index in [4.69, 9.17) is 16.7 Å². The van der Waals surface area contributed by atoms with E-state index in [1.165, 1.54) is 13.2 Å². The molecule has 1 amide bonds. The average molecular weight is 337 g/mol. The average Bonchev–Trinajstić information content (AvgIpc) is 2.37. The standard InChI is InChI=1S/C11H11BrClNO4/c1-18-11(17)9(5-15)14-10(16)7-4-6(13)2-3-8(7)12/h2-4,9,15H,5H2,1H3,(H,14,16). The van der Waals surface area contributed by atoms with Gasteiger partial charge in [0.05, 0.1) is 19.3 Å². The molecule has 0 aromatic heterocycles. The molecule has 0 saturated heterocycles. The number of amides is 1.